The largest absolute Gasteiger partial charge is 0.367 e. The molecule has 3 heterocycles. The summed E-state index contributed by atoms with van der Waals surface area (Å²) in [6.07, 6.45) is 2.83. The van der Waals surface area contributed by atoms with Crippen molar-refractivity contribution < 1.29 is 9.53 Å². The number of amides is 1. The van der Waals surface area contributed by atoms with E-state index in [1.807, 2.05) is 27.0 Å². The van der Waals surface area contributed by atoms with Gasteiger partial charge in [0.15, 0.2) is 0 Å². The zero-order chi connectivity index (χ0) is 15.4. The van der Waals surface area contributed by atoms with Gasteiger partial charge in [0.05, 0.1) is 35.1 Å². The van der Waals surface area contributed by atoms with Crippen LogP contribution in [0.3, 0.4) is 0 Å². The molecule has 0 saturated carbocycles. The fourth-order valence-corrected chi connectivity index (χ4v) is 3.40. The Morgan fingerprint density at radius 3 is 2.57 bits per heavy atom. The van der Waals surface area contributed by atoms with Crippen molar-refractivity contribution in [2.45, 2.75) is 57.8 Å². The summed E-state index contributed by atoms with van der Waals surface area (Å²) < 4.78 is 7.82. The molecule has 2 aliphatic heterocycles. The van der Waals surface area contributed by atoms with Crippen molar-refractivity contribution in [3.8, 4) is 0 Å². The molecule has 1 aromatic heterocycles. The summed E-state index contributed by atoms with van der Waals surface area (Å²) in [6.45, 7) is 8.16. The molecule has 1 saturated heterocycles. The molecule has 6 nitrogen and oxygen atoms in total. The highest BCUT2D eigenvalue weighted by Crippen LogP contribution is 2.41. The highest BCUT2D eigenvalue weighted by atomic mass is 16.5. The molecule has 2 aliphatic rings. The minimum atomic E-state index is -0.398. The van der Waals surface area contributed by atoms with Gasteiger partial charge in [-0.1, -0.05) is 0 Å². The molecule has 1 fully saturated rings. The number of hydrogen-bond donors (Lipinski definition) is 0. The van der Waals surface area contributed by atoms with E-state index in [0.29, 0.717) is 6.42 Å². The third-order valence-electron chi connectivity index (χ3n) is 4.24. The fourth-order valence-electron chi connectivity index (χ4n) is 3.40. The average Bonchev–Trinajstić information content (AvgIpc) is 2.95. The van der Waals surface area contributed by atoms with E-state index < -0.39 is 5.60 Å². The van der Waals surface area contributed by atoms with Gasteiger partial charge in [-0.15, -0.1) is 0 Å². The Balaban J connectivity index is 1.91. The van der Waals surface area contributed by atoms with Gasteiger partial charge >= 0.3 is 0 Å². The molecule has 0 bridgehead atoms. The van der Waals surface area contributed by atoms with Gasteiger partial charge in [0.2, 0.25) is 5.91 Å². The summed E-state index contributed by atoms with van der Waals surface area (Å²) >= 11 is 0. The van der Waals surface area contributed by atoms with Crippen molar-refractivity contribution >= 4 is 11.6 Å². The van der Waals surface area contributed by atoms with Gasteiger partial charge in [0.1, 0.15) is 0 Å². The topological polar surface area (TPSA) is 59.7 Å². The number of rotatable bonds is 2. The summed E-state index contributed by atoms with van der Waals surface area (Å²) in [5.41, 5.74) is 1.03. The molecule has 0 radical (unpaired) electrons. The van der Waals surface area contributed by atoms with Crippen molar-refractivity contribution in [3.63, 3.8) is 0 Å². The number of nitrogens with zero attached hydrogens (tertiary/aromatic N) is 4. The first-order valence-corrected chi connectivity index (χ1v) is 7.28. The summed E-state index contributed by atoms with van der Waals surface area (Å²) in [6, 6.07) is 1.85. The number of carbonyl (C=O) groups excluding carboxylic acids is 1. The molecule has 21 heavy (non-hydrogen) atoms. The lowest BCUT2D eigenvalue weighted by Gasteiger charge is -2.31. The van der Waals surface area contributed by atoms with E-state index in [1.165, 1.54) is 0 Å². The maximum absolute atomic E-state index is 12.4. The number of hydrogen-bond acceptors (Lipinski definition) is 4. The first kappa shape index (κ1) is 14.3. The quantitative estimate of drug-likeness (QED) is 0.833. The normalized spacial score (nSPS) is 27.3. The Morgan fingerprint density at radius 1 is 1.33 bits per heavy atom. The van der Waals surface area contributed by atoms with E-state index in [2.05, 4.69) is 24.0 Å². The van der Waals surface area contributed by atoms with Crippen LogP contribution < -0.4 is 0 Å². The van der Waals surface area contributed by atoms with Crippen molar-refractivity contribution in [1.82, 2.24) is 14.8 Å². The highest BCUT2D eigenvalue weighted by Gasteiger charge is 2.51. The molecular formula is C15H22N4O2. The molecule has 1 amide bonds. The van der Waals surface area contributed by atoms with E-state index in [-0.39, 0.29) is 17.6 Å². The lowest BCUT2D eigenvalue weighted by Crippen LogP contribution is -2.45. The fraction of sp³-hybridized carbons (Fsp3) is 0.667. The van der Waals surface area contributed by atoms with Gasteiger partial charge in [-0.2, -0.15) is 10.2 Å². The first-order chi connectivity index (χ1) is 9.70. The average molecular weight is 290 g/mol. The molecule has 0 aliphatic carbocycles. The third-order valence-corrected chi connectivity index (χ3v) is 4.24. The van der Waals surface area contributed by atoms with Gasteiger partial charge in [-0.25, -0.2) is 5.01 Å². The number of ether oxygens (including phenoxy) is 1. The van der Waals surface area contributed by atoms with Crippen LogP contribution in [-0.4, -0.2) is 43.7 Å². The van der Waals surface area contributed by atoms with E-state index >= 15 is 0 Å². The minimum Gasteiger partial charge on any atom is -0.367 e. The van der Waals surface area contributed by atoms with Gasteiger partial charge in [-0.05, 0) is 33.8 Å². The SMILES string of the molecule is Cn1nccc1C1=NN(C2CC(C)(C)OC2(C)C)C(=O)C1. The van der Waals surface area contributed by atoms with Crippen LogP contribution >= 0.6 is 0 Å². The molecule has 0 aromatic carbocycles. The summed E-state index contributed by atoms with van der Waals surface area (Å²) in [5, 5.41) is 10.3. The van der Waals surface area contributed by atoms with Crippen LogP contribution in [0.1, 0.15) is 46.2 Å². The zero-order valence-electron chi connectivity index (χ0n) is 13.3. The summed E-state index contributed by atoms with van der Waals surface area (Å²) in [7, 11) is 1.86. The standard InChI is InChI=1S/C15H22N4O2/c1-14(2)9-12(15(3,4)21-14)19-13(20)8-10(17-19)11-6-7-16-18(11)5/h6-7,12H,8-9H2,1-5H3. The van der Waals surface area contributed by atoms with Gasteiger partial charge < -0.3 is 4.74 Å². The Labute approximate surface area is 124 Å². The molecule has 1 unspecified atom stereocenters. The molecule has 0 N–H and O–H groups in total. The lowest BCUT2D eigenvalue weighted by atomic mass is 9.94. The van der Waals surface area contributed by atoms with Crippen LogP contribution in [0.2, 0.25) is 0 Å². The van der Waals surface area contributed by atoms with Crippen LogP contribution in [0.15, 0.2) is 17.4 Å². The second-order valence-corrected chi connectivity index (χ2v) is 6.99. The Kier molecular flexibility index (Phi) is 2.99. The Bertz CT molecular complexity index is 615. The Hall–Kier alpha value is -1.69. The number of hydrazone groups is 1. The predicted molar refractivity (Wildman–Crippen MR) is 78.9 cm³/mol. The van der Waals surface area contributed by atoms with Crippen molar-refractivity contribution in [2.75, 3.05) is 0 Å². The van der Waals surface area contributed by atoms with Gasteiger partial charge in [0.25, 0.3) is 0 Å². The smallest absolute Gasteiger partial charge is 0.249 e. The lowest BCUT2D eigenvalue weighted by molar-refractivity contribution is -0.135. The summed E-state index contributed by atoms with van der Waals surface area (Å²) in [5.74, 6) is 0.0329. The van der Waals surface area contributed by atoms with Crippen LogP contribution in [0.25, 0.3) is 0 Å². The van der Waals surface area contributed by atoms with E-state index in [4.69, 9.17) is 4.74 Å². The maximum Gasteiger partial charge on any atom is 0.249 e. The Morgan fingerprint density at radius 2 is 2.05 bits per heavy atom. The summed E-state index contributed by atoms with van der Waals surface area (Å²) in [4.78, 5) is 12.4. The van der Waals surface area contributed by atoms with Crippen LogP contribution in [-0.2, 0) is 16.6 Å². The minimum absolute atomic E-state index is 0.0329. The number of aryl methyl sites for hydroxylation is 1. The van der Waals surface area contributed by atoms with E-state index in [1.54, 1.807) is 15.9 Å². The number of aromatic nitrogens is 2. The molecule has 3 rings (SSSR count). The van der Waals surface area contributed by atoms with Crippen LogP contribution in [0.4, 0.5) is 0 Å². The monoisotopic (exact) mass is 290 g/mol. The molecule has 6 heteroatoms. The highest BCUT2D eigenvalue weighted by molar-refractivity contribution is 6.12. The van der Waals surface area contributed by atoms with Gasteiger partial charge in [0, 0.05) is 19.7 Å². The van der Waals surface area contributed by atoms with Crippen LogP contribution in [0.5, 0.6) is 0 Å². The van der Waals surface area contributed by atoms with E-state index in [0.717, 1.165) is 17.8 Å². The third kappa shape index (κ3) is 2.37. The van der Waals surface area contributed by atoms with Crippen molar-refractivity contribution in [3.05, 3.63) is 18.0 Å². The van der Waals surface area contributed by atoms with E-state index in [9.17, 15) is 4.79 Å². The second kappa shape index (κ2) is 4.40. The predicted octanol–water partition coefficient (Wildman–Crippen LogP) is 1.70. The molecule has 0 spiro atoms. The van der Waals surface area contributed by atoms with Crippen LogP contribution in [0, 0.1) is 0 Å². The zero-order valence-corrected chi connectivity index (χ0v) is 13.3. The van der Waals surface area contributed by atoms with Crippen molar-refractivity contribution in [2.24, 2.45) is 12.1 Å². The van der Waals surface area contributed by atoms with Crippen molar-refractivity contribution in [1.29, 1.82) is 0 Å². The second-order valence-electron chi connectivity index (χ2n) is 6.99. The molecule has 114 valence electrons. The first-order valence-electron chi connectivity index (χ1n) is 7.28. The molecular weight excluding hydrogens is 268 g/mol. The van der Waals surface area contributed by atoms with Gasteiger partial charge in [-0.3, -0.25) is 9.48 Å². The maximum atomic E-state index is 12.4. The number of carbonyl (C=O) groups is 1. The molecule has 1 atom stereocenters. The molecule has 1 aromatic rings.